The first-order valence-electron chi connectivity index (χ1n) is 10.6. The van der Waals surface area contributed by atoms with Crippen LogP contribution in [0.2, 0.25) is 0 Å². The molecule has 3 heterocycles. The Morgan fingerprint density at radius 3 is 2.42 bits per heavy atom. The zero-order valence-corrected chi connectivity index (χ0v) is 18.4. The van der Waals surface area contributed by atoms with Crippen molar-refractivity contribution in [3.8, 4) is 22.9 Å². The number of hydrogen-bond donors (Lipinski definition) is 3. The van der Waals surface area contributed by atoms with Crippen LogP contribution in [0.15, 0.2) is 54.6 Å². The molecule has 1 aliphatic rings. The summed E-state index contributed by atoms with van der Waals surface area (Å²) >= 11 is 0. The number of aromatic carboxylic acids is 1. The largest absolute Gasteiger partial charge is 0.491 e. The quantitative estimate of drug-likeness (QED) is 0.435. The van der Waals surface area contributed by atoms with E-state index >= 15 is 0 Å². The van der Waals surface area contributed by atoms with E-state index in [0.717, 1.165) is 12.1 Å². The molecular weight excluding hydrogens is 487 g/mol. The number of nitrogens with zero attached hydrogens (tertiary/aromatic N) is 3. The van der Waals surface area contributed by atoms with E-state index < -0.39 is 42.3 Å². The van der Waals surface area contributed by atoms with Crippen LogP contribution >= 0.6 is 0 Å². The first kappa shape index (κ1) is 25.3. The molecule has 0 amide bonds. The minimum Gasteiger partial charge on any atom is -0.491 e. The number of carboxylic acids is 1. The molecule has 4 rings (SSSR count). The molecule has 0 radical (unpaired) electrons. The van der Waals surface area contributed by atoms with Crippen molar-refractivity contribution in [2.45, 2.75) is 30.6 Å². The van der Waals surface area contributed by atoms with Crippen LogP contribution in [0.3, 0.4) is 0 Å². The Bertz CT molecular complexity index is 1190. The summed E-state index contributed by atoms with van der Waals surface area (Å²) in [6.45, 7) is -0.340. The van der Waals surface area contributed by atoms with Gasteiger partial charge < -0.3 is 29.5 Å². The first-order chi connectivity index (χ1) is 17.1. The van der Waals surface area contributed by atoms with Crippen LogP contribution in [-0.2, 0) is 10.9 Å². The average Bonchev–Trinajstić information content (AvgIpc) is 2.86. The lowest BCUT2D eigenvalue weighted by Crippen LogP contribution is -2.56. The van der Waals surface area contributed by atoms with Gasteiger partial charge in [0.05, 0.1) is 12.3 Å². The Hall–Kier alpha value is -3.81. The van der Waals surface area contributed by atoms with Crippen LogP contribution in [-0.4, -0.2) is 74.1 Å². The maximum Gasteiger partial charge on any atom is 0.433 e. The molecule has 10 nitrogen and oxygen atoms in total. The van der Waals surface area contributed by atoms with Crippen LogP contribution < -0.4 is 9.47 Å². The molecule has 13 heteroatoms. The lowest BCUT2D eigenvalue weighted by Gasteiger charge is -2.37. The van der Waals surface area contributed by atoms with Gasteiger partial charge in [-0.2, -0.15) is 13.2 Å². The first-order valence-corrected chi connectivity index (χ1v) is 10.6. The topological polar surface area (TPSA) is 144 Å². The van der Waals surface area contributed by atoms with Crippen molar-refractivity contribution in [3.63, 3.8) is 0 Å². The molecule has 0 bridgehead atoms. The van der Waals surface area contributed by atoms with Crippen LogP contribution in [0.4, 0.5) is 13.2 Å². The molecule has 3 aromatic rings. The number of ether oxygens (including phenoxy) is 3. The van der Waals surface area contributed by atoms with Gasteiger partial charge in [-0.25, -0.2) is 9.78 Å². The molecule has 0 saturated carbocycles. The van der Waals surface area contributed by atoms with E-state index in [9.17, 15) is 28.2 Å². The number of aliphatic hydroxyl groups is 2. The molecule has 4 atom stereocenters. The fourth-order valence-electron chi connectivity index (χ4n) is 3.40. The molecule has 190 valence electrons. The average molecular weight is 507 g/mol. The third-order valence-corrected chi connectivity index (χ3v) is 5.32. The van der Waals surface area contributed by atoms with Gasteiger partial charge in [0.25, 0.3) is 0 Å². The van der Waals surface area contributed by atoms with Crippen molar-refractivity contribution in [2.75, 3.05) is 13.2 Å². The SMILES string of the molecule is O=C(O)c1ccc(-c2ccc(OC[C@H]3OC[C@H](Oc4cccc(C(F)(F)F)n4)[C@@H](O)[C@H]3O)cc2)nn1. The summed E-state index contributed by atoms with van der Waals surface area (Å²) in [5.41, 5.74) is -0.194. The van der Waals surface area contributed by atoms with Gasteiger partial charge in [0.1, 0.15) is 36.4 Å². The van der Waals surface area contributed by atoms with Crippen LogP contribution in [0.1, 0.15) is 16.2 Å². The molecule has 0 unspecified atom stereocenters. The van der Waals surface area contributed by atoms with E-state index in [2.05, 4.69) is 15.2 Å². The number of rotatable bonds is 7. The zero-order valence-electron chi connectivity index (χ0n) is 18.4. The zero-order chi connectivity index (χ0) is 25.9. The molecule has 1 saturated heterocycles. The predicted octanol–water partition coefficient (Wildman–Crippen LogP) is 2.20. The van der Waals surface area contributed by atoms with E-state index in [4.69, 9.17) is 19.3 Å². The summed E-state index contributed by atoms with van der Waals surface area (Å²) in [5, 5.41) is 37.2. The summed E-state index contributed by atoms with van der Waals surface area (Å²) in [5.74, 6) is -1.12. The maximum atomic E-state index is 12.8. The second-order valence-corrected chi connectivity index (χ2v) is 7.81. The number of benzene rings is 1. The van der Waals surface area contributed by atoms with Gasteiger partial charge in [-0.1, -0.05) is 6.07 Å². The van der Waals surface area contributed by atoms with Crippen molar-refractivity contribution in [1.82, 2.24) is 15.2 Å². The summed E-state index contributed by atoms with van der Waals surface area (Å²) in [6, 6.07) is 12.6. The van der Waals surface area contributed by atoms with Gasteiger partial charge in [0, 0.05) is 11.6 Å². The van der Waals surface area contributed by atoms with Crippen molar-refractivity contribution in [1.29, 1.82) is 0 Å². The smallest absolute Gasteiger partial charge is 0.433 e. The van der Waals surface area contributed by atoms with Gasteiger partial charge >= 0.3 is 12.1 Å². The Morgan fingerprint density at radius 2 is 1.78 bits per heavy atom. The molecule has 36 heavy (non-hydrogen) atoms. The monoisotopic (exact) mass is 507 g/mol. The molecule has 1 fully saturated rings. The predicted molar refractivity (Wildman–Crippen MR) is 115 cm³/mol. The number of carbonyl (C=O) groups is 1. The lowest BCUT2D eigenvalue weighted by molar-refractivity contribution is -0.187. The number of pyridine rings is 1. The van der Waals surface area contributed by atoms with E-state index in [1.165, 1.54) is 18.2 Å². The normalized spacial score (nSPS) is 22.1. The highest BCUT2D eigenvalue weighted by molar-refractivity contribution is 5.85. The number of halogens is 3. The van der Waals surface area contributed by atoms with Crippen LogP contribution in [0, 0.1) is 0 Å². The van der Waals surface area contributed by atoms with Crippen molar-refractivity contribution < 1.29 is 47.5 Å². The summed E-state index contributed by atoms with van der Waals surface area (Å²) in [6.07, 6.45) is -9.61. The maximum absolute atomic E-state index is 12.8. The van der Waals surface area contributed by atoms with Gasteiger partial charge in [0.2, 0.25) is 5.88 Å². The molecule has 1 aliphatic heterocycles. The van der Waals surface area contributed by atoms with Gasteiger partial charge in [-0.15, -0.1) is 10.2 Å². The summed E-state index contributed by atoms with van der Waals surface area (Å²) < 4.78 is 55.0. The van der Waals surface area contributed by atoms with E-state index in [1.807, 2.05) is 0 Å². The fraction of sp³-hybridized carbons (Fsp3) is 0.304. The Kier molecular flexibility index (Phi) is 7.33. The number of aromatic nitrogens is 3. The summed E-state index contributed by atoms with van der Waals surface area (Å²) in [4.78, 5) is 14.3. The standard InChI is InChI=1S/C23H20F3N3O7/c24-23(25,26)18-2-1-3-19(27-18)36-17-11-35-16(20(30)21(17)31)10-34-13-6-4-12(5-7-13)14-8-9-15(22(32)33)29-28-14/h1-9,16-17,20-21,30-31H,10-11H2,(H,32,33)/t16-,17+,20+,21-/m1/s1. The minimum atomic E-state index is -4.65. The van der Waals surface area contributed by atoms with Gasteiger partial charge in [-0.3, -0.25) is 0 Å². The van der Waals surface area contributed by atoms with Gasteiger partial charge in [0.15, 0.2) is 11.8 Å². The second kappa shape index (κ2) is 10.4. The Labute approximate surface area is 201 Å². The highest BCUT2D eigenvalue weighted by Crippen LogP contribution is 2.29. The third kappa shape index (κ3) is 5.87. The molecule has 0 spiro atoms. The second-order valence-electron chi connectivity index (χ2n) is 7.81. The lowest BCUT2D eigenvalue weighted by atomic mass is 10.0. The molecule has 0 aliphatic carbocycles. The number of aliphatic hydroxyl groups excluding tert-OH is 2. The van der Waals surface area contributed by atoms with Crippen molar-refractivity contribution >= 4 is 5.97 Å². The van der Waals surface area contributed by atoms with Crippen LogP contribution in [0.5, 0.6) is 11.6 Å². The van der Waals surface area contributed by atoms with Gasteiger partial charge in [-0.05, 0) is 42.5 Å². The van der Waals surface area contributed by atoms with E-state index in [1.54, 1.807) is 24.3 Å². The number of carboxylic acid groups (broad SMARTS) is 1. The highest BCUT2D eigenvalue weighted by atomic mass is 19.4. The number of hydrogen-bond acceptors (Lipinski definition) is 9. The molecule has 1 aromatic carbocycles. The fourth-order valence-corrected chi connectivity index (χ4v) is 3.40. The molecule has 2 aromatic heterocycles. The third-order valence-electron chi connectivity index (χ3n) is 5.32. The van der Waals surface area contributed by atoms with E-state index in [-0.39, 0.29) is 24.8 Å². The molecular formula is C23H20F3N3O7. The number of alkyl halides is 3. The minimum absolute atomic E-state index is 0.126. The van der Waals surface area contributed by atoms with Crippen molar-refractivity contribution in [2.24, 2.45) is 0 Å². The Balaban J connectivity index is 1.31. The van der Waals surface area contributed by atoms with E-state index in [0.29, 0.717) is 17.0 Å². The van der Waals surface area contributed by atoms with Crippen LogP contribution in [0.25, 0.3) is 11.3 Å². The van der Waals surface area contributed by atoms with Crippen molar-refractivity contribution in [3.05, 3.63) is 66.0 Å². The highest BCUT2D eigenvalue weighted by Gasteiger charge is 2.41. The summed E-state index contributed by atoms with van der Waals surface area (Å²) in [7, 11) is 0. The Morgan fingerprint density at radius 1 is 1.03 bits per heavy atom. The molecule has 3 N–H and O–H groups in total.